The highest BCUT2D eigenvalue weighted by Crippen LogP contribution is 2.29. The third kappa shape index (κ3) is 2.67. The zero-order valence-electron chi connectivity index (χ0n) is 10.7. The third-order valence-electron chi connectivity index (χ3n) is 3.39. The van der Waals surface area contributed by atoms with Crippen molar-refractivity contribution >= 4 is 0 Å². The Bertz CT molecular complexity index is 429. The fraction of sp³-hybridized carbons (Fsp3) is 0.375. The molecular weight excluding hydrogens is 206 g/mol. The summed E-state index contributed by atoms with van der Waals surface area (Å²) in [4.78, 5) is 0. The molecule has 1 nitrogen and oxygen atoms in total. The van der Waals surface area contributed by atoms with Crippen LogP contribution in [0, 0.1) is 0 Å². The van der Waals surface area contributed by atoms with Gasteiger partial charge in [0.2, 0.25) is 0 Å². The number of hydrogen-bond donors (Lipinski definition) is 1. The summed E-state index contributed by atoms with van der Waals surface area (Å²) < 4.78 is 0. The van der Waals surface area contributed by atoms with Crippen LogP contribution in [0.4, 0.5) is 0 Å². The van der Waals surface area contributed by atoms with E-state index >= 15 is 0 Å². The van der Waals surface area contributed by atoms with E-state index in [2.05, 4.69) is 61.7 Å². The van der Waals surface area contributed by atoms with Crippen molar-refractivity contribution < 1.29 is 0 Å². The first-order chi connectivity index (χ1) is 8.36. The summed E-state index contributed by atoms with van der Waals surface area (Å²) in [5, 5.41) is 3.63. The Kier molecular flexibility index (Phi) is 4.16. The smallest absolute Gasteiger partial charge is 0.0541 e. The van der Waals surface area contributed by atoms with Crippen LogP contribution >= 0.6 is 0 Å². The number of rotatable bonds is 3. The number of hydrogen-bond acceptors (Lipinski definition) is 1. The molecule has 0 saturated heterocycles. The molecule has 1 heteroatoms. The monoisotopic (exact) mass is 227 g/mol. The van der Waals surface area contributed by atoms with E-state index in [-0.39, 0.29) is 0 Å². The van der Waals surface area contributed by atoms with Crippen LogP contribution in [0.5, 0.6) is 0 Å². The molecule has 0 aromatic heterocycles. The normalized spacial score (nSPS) is 20.6. The van der Waals surface area contributed by atoms with Gasteiger partial charge < -0.3 is 5.32 Å². The fourth-order valence-corrected chi connectivity index (χ4v) is 2.47. The van der Waals surface area contributed by atoms with Crippen molar-refractivity contribution in [3.8, 4) is 0 Å². The molecule has 1 aromatic rings. The van der Waals surface area contributed by atoms with Crippen LogP contribution < -0.4 is 5.32 Å². The number of benzene rings is 1. The lowest BCUT2D eigenvalue weighted by Crippen LogP contribution is -2.30. The maximum atomic E-state index is 3.63. The van der Waals surface area contributed by atoms with Crippen LogP contribution in [-0.4, -0.2) is 6.54 Å². The van der Waals surface area contributed by atoms with E-state index in [1.807, 2.05) is 0 Å². The summed E-state index contributed by atoms with van der Waals surface area (Å²) in [6.07, 6.45) is 8.71. The van der Waals surface area contributed by atoms with Gasteiger partial charge >= 0.3 is 0 Å². The molecule has 1 aliphatic rings. The topological polar surface area (TPSA) is 12.0 Å². The van der Waals surface area contributed by atoms with E-state index in [0.29, 0.717) is 6.04 Å². The summed E-state index contributed by atoms with van der Waals surface area (Å²) in [5.74, 6) is 0. The van der Waals surface area contributed by atoms with Gasteiger partial charge in [-0.15, -0.1) is 0 Å². The summed E-state index contributed by atoms with van der Waals surface area (Å²) in [6.45, 7) is 5.37. The Balaban J connectivity index is 2.34. The molecule has 0 fully saturated rings. The van der Waals surface area contributed by atoms with Crippen LogP contribution in [0.2, 0.25) is 0 Å². The summed E-state index contributed by atoms with van der Waals surface area (Å²) in [7, 11) is 0. The van der Waals surface area contributed by atoms with Gasteiger partial charge in [0.25, 0.3) is 0 Å². The van der Waals surface area contributed by atoms with E-state index in [1.165, 1.54) is 16.7 Å². The molecule has 17 heavy (non-hydrogen) atoms. The molecule has 0 amide bonds. The van der Waals surface area contributed by atoms with E-state index in [1.54, 1.807) is 0 Å². The second-order valence-electron chi connectivity index (χ2n) is 4.46. The van der Waals surface area contributed by atoms with Gasteiger partial charge in [-0.05, 0) is 36.5 Å². The van der Waals surface area contributed by atoms with Crippen molar-refractivity contribution in [2.45, 2.75) is 32.7 Å². The third-order valence-corrected chi connectivity index (χ3v) is 3.39. The Morgan fingerprint density at radius 1 is 1.41 bits per heavy atom. The van der Waals surface area contributed by atoms with Crippen molar-refractivity contribution in [1.29, 1.82) is 0 Å². The minimum absolute atomic E-state index is 0.404. The molecule has 1 N–H and O–H groups in total. The molecule has 0 radical (unpaired) electrons. The Hall–Kier alpha value is -1.34. The molecule has 0 spiro atoms. The minimum atomic E-state index is 0.404. The molecule has 1 unspecified atom stereocenters. The van der Waals surface area contributed by atoms with Gasteiger partial charge in [-0.2, -0.15) is 0 Å². The molecule has 0 aliphatic carbocycles. The highest BCUT2D eigenvalue weighted by atomic mass is 14.9. The maximum Gasteiger partial charge on any atom is 0.0541 e. The zero-order valence-corrected chi connectivity index (χ0v) is 10.7. The standard InChI is InChI=1S/C16H21N/c1-3-5-8-13(4-2)16-15-10-7-6-9-14(15)11-12-17-16/h3,5-10,16-17H,4,11-12H2,1-2H3. The summed E-state index contributed by atoms with van der Waals surface area (Å²) in [6, 6.07) is 9.20. The van der Waals surface area contributed by atoms with Crippen molar-refractivity contribution in [3.63, 3.8) is 0 Å². The first kappa shape index (κ1) is 12.1. The molecule has 0 saturated carbocycles. The average molecular weight is 227 g/mol. The highest BCUT2D eigenvalue weighted by molar-refractivity contribution is 5.38. The average Bonchev–Trinajstić information content (AvgIpc) is 2.40. The van der Waals surface area contributed by atoms with Gasteiger partial charge in [0.1, 0.15) is 0 Å². The lowest BCUT2D eigenvalue weighted by molar-refractivity contribution is 0.549. The summed E-state index contributed by atoms with van der Waals surface area (Å²) >= 11 is 0. The van der Waals surface area contributed by atoms with Gasteiger partial charge in [0.15, 0.2) is 0 Å². The Morgan fingerprint density at radius 3 is 3.00 bits per heavy atom. The van der Waals surface area contributed by atoms with Crippen LogP contribution in [0.25, 0.3) is 0 Å². The predicted octanol–water partition coefficient (Wildman–Crippen LogP) is 3.79. The van der Waals surface area contributed by atoms with Gasteiger partial charge in [0.05, 0.1) is 6.04 Å². The SMILES string of the molecule is CC=CC=C(CC)C1NCCc2ccccc21. The first-order valence-electron chi connectivity index (χ1n) is 6.49. The van der Waals surface area contributed by atoms with Crippen molar-refractivity contribution in [1.82, 2.24) is 5.32 Å². The van der Waals surface area contributed by atoms with E-state index in [4.69, 9.17) is 0 Å². The van der Waals surface area contributed by atoms with Crippen LogP contribution in [-0.2, 0) is 6.42 Å². The number of allylic oxidation sites excluding steroid dienone is 3. The van der Waals surface area contributed by atoms with Gasteiger partial charge in [0, 0.05) is 6.54 Å². The largest absolute Gasteiger partial charge is 0.306 e. The highest BCUT2D eigenvalue weighted by Gasteiger charge is 2.20. The quantitative estimate of drug-likeness (QED) is 0.775. The number of nitrogens with one attached hydrogen (secondary N) is 1. The van der Waals surface area contributed by atoms with Crippen LogP contribution in [0.15, 0.2) is 48.1 Å². The summed E-state index contributed by atoms with van der Waals surface area (Å²) in [5.41, 5.74) is 4.42. The van der Waals surface area contributed by atoms with Crippen molar-refractivity contribution in [2.24, 2.45) is 0 Å². The molecule has 2 rings (SSSR count). The fourth-order valence-electron chi connectivity index (χ4n) is 2.47. The van der Waals surface area contributed by atoms with Gasteiger partial charge in [-0.1, -0.05) is 49.4 Å². The predicted molar refractivity (Wildman–Crippen MR) is 74.1 cm³/mol. The Labute approximate surface area is 104 Å². The zero-order chi connectivity index (χ0) is 12.1. The first-order valence-corrected chi connectivity index (χ1v) is 6.49. The molecule has 1 heterocycles. The van der Waals surface area contributed by atoms with E-state index < -0.39 is 0 Å². The molecular formula is C16H21N. The lowest BCUT2D eigenvalue weighted by atomic mass is 9.88. The lowest BCUT2D eigenvalue weighted by Gasteiger charge is -2.28. The molecule has 1 aliphatic heterocycles. The van der Waals surface area contributed by atoms with Gasteiger partial charge in [-0.25, -0.2) is 0 Å². The van der Waals surface area contributed by atoms with Crippen LogP contribution in [0.1, 0.15) is 37.4 Å². The molecule has 90 valence electrons. The van der Waals surface area contributed by atoms with E-state index in [9.17, 15) is 0 Å². The minimum Gasteiger partial charge on any atom is -0.306 e. The molecule has 1 aromatic carbocycles. The Morgan fingerprint density at radius 2 is 2.24 bits per heavy atom. The second-order valence-corrected chi connectivity index (χ2v) is 4.46. The maximum absolute atomic E-state index is 3.63. The van der Waals surface area contributed by atoms with E-state index in [0.717, 1.165) is 19.4 Å². The number of fused-ring (bicyclic) bond motifs is 1. The van der Waals surface area contributed by atoms with Crippen molar-refractivity contribution in [2.75, 3.05) is 6.54 Å². The van der Waals surface area contributed by atoms with Crippen molar-refractivity contribution in [3.05, 3.63) is 59.2 Å². The van der Waals surface area contributed by atoms with Gasteiger partial charge in [-0.3, -0.25) is 0 Å². The second kappa shape index (κ2) is 5.83. The van der Waals surface area contributed by atoms with Crippen LogP contribution in [0.3, 0.4) is 0 Å². The molecule has 0 bridgehead atoms. The molecule has 1 atom stereocenters.